The molecule has 6 heteroatoms. The molecule has 0 aliphatic carbocycles. The largest absolute Gasteiger partial charge is 0.489 e. The number of nitrogens with zero attached hydrogens (tertiary/aromatic N) is 2. The number of ether oxygens (including phenoxy) is 2. The van der Waals surface area contributed by atoms with E-state index >= 15 is 0 Å². The van der Waals surface area contributed by atoms with Gasteiger partial charge in [0.05, 0.1) is 6.20 Å². The third-order valence-corrected chi connectivity index (χ3v) is 3.25. The van der Waals surface area contributed by atoms with E-state index in [1.54, 1.807) is 17.3 Å². The minimum absolute atomic E-state index is 0.132. The van der Waals surface area contributed by atoms with Crippen molar-refractivity contribution in [3.05, 3.63) is 18.5 Å². The maximum absolute atomic E-state index is 12.0. The molecule has 2 heterocycles. The van der Waals surface area contributed by atoms with Crippen molar-refractivity contribution in [1.82, 2.24) is 9.88 Å². The Morgan fingerprint density at radius 2 is 2.00 bits per heavy atom. The van der Waals surface area contributed by atoms with Gasteiger partial charge in [-0.3, -0.25) is 4.98 Å². The van der Waals surface area contributed by atoms with Crippen LogP contribution in [-0.2, 0) is 4.74 Å². The van der Waals surface area contributed by atoms with E-state index in [-0.39, 0.29) is 12.2 Å². The van der Waals surface area contributed by atoms with Gasteiger partial charge in [-0.1, -0.05) is 5.46 Å². The number of carbonyl (C=O) groups excluding carboxylic acids is 1. The van der Waals surface area contributed by atoms with Crippen molar-refractivity contribution in [2.24, 2.45) is 0 Å². The summed E-state index contributed by atoms with van der Waals surface area (Å²) in [7, 11) is 1.99. The summed E-state index contributed by atoms with van der Waals surface area (Å²) < 4.78 is 11.3. The quantitative estimate of drug-likeness (QED) is 0.766. The Kier molecular flexibility index (Phi) is 4.75. The molecule has 1 fully saturated rings. The van der Waals surface area contributed by atoms with Gasteiger partial charge in [-0.2, -0.15) is 0 Å². The highest BCUT2D eigenvalue weighted by molar-refractivity contribution is 6.32. The number of carbonyl (C=O) groups is 1. The Labute approximate surface area is 127 Å². The predicted octanol–water partition coefficient (Wildman–Crippen LogP) is 1.12. The van der Waals surface area contributed by atoms with Crippen LogP contribution >= 0.6 is 0 Å². The summed E-state index contributed by atoms with van der Waals surface area (Å²) in [6.45, 7) is 6.97. The maximum atomic E-state index is 12.0. The summed E-state index contributed by atoms with van der Waals surface area (Å²) in [5.41, 5.74) is 0.635. The SMILES string of the molecule is Bc1cncc(OC2CCN(C(=O)OC(C)(C)C)CC2)c1. The molecular formula is C15H23BN2O3. The average Bonchev–Trinajstić information content (AvgIpc) is 2.37. The molecule has 2 rings (SSSR count). The molecule has 114 valence electrons. The van der Waals surface area contributed by atoms with Gasteiger partial charge in [-0.05, 0) is 26.8 Å². The van der Waals surface area contributed by atoms with Crippen molar-refractivity contribution in [2.75, 3.05) is 13.1 Å². The lowest BCUT2D eigenvalue weighted by atomic mass is 9.99. The summed E-state index contributed by atoms with van der Waals surface area (Å²) in [5.74, 6) is 0.797. The molecule has 1 saturated heterocycles. The normalized spacial score (nSPS) is 16.6. The number of aromatic nitrogens is 1. The minimum atomic E-state index is -0.447. The first kappa shape index (κ1) is 15.7. The summed E-state index contributed by atoms with van der Waals surface area (Å²) in [6.07, 6.45) is 5.05. The molecule has 1 aromatic rings. The van der Waals surface area contributed by atoms with E-state index in [4.69, 9.17) is 9.47 Å². The van der Waals surface area contributed by atoms with Crippen LogP contribution < -0.4 is 10.2 Å². The Balaban J connectivity index is 1.82. The lowest BCUT2D eigenvalue weighted by Gasteiger charge is -2.33. The van der Waals surface area contributed by atoms with Gasteiger partial charge in [0, 0.05) is 32.1 Å². The molecule has 0 atom stereocenters. The first-order valence-corrected chi connectivity index (χ1v) is 7.40. The Morgan fingerprint density at radius 1 is 1.33 bits per heavy atom. The van der Waals surface area contributed by atoms with Gasteiger partial charge in [0.2, 0.25) is 0 Å². The molecule has 0 unspecified atom stereocenters. The highest BCUT2D eigenvalue weighted by Gasteiger charge is 2.27. The first-order valence-electron chi connectivity index (χ1n) is 7.40. The van der Waals surface area contributed by atoms with Crippen molar-refractivity contribution in [2.45, 2.75) is 45.3 Å². The number of rotatable bonds is 2. The second-order valence-corrected chi connectivity index (χ2v) is 6.48. The van der Waals surface area contributed by atoms with Crippen LogP contribution in [0, 0.1) is 0 Å². The fraction of sp³-hybridized carbons (Fsp3) is 0.600. The maximum Gasteiger partial charge on any atom is 0.410 e. The van der Waals surface area contributed by atoms with Crippen molar-refractivity contribution >= 4 is 19.4 Å². The zero-order valence-electron chi connectivity index (χ0n) is 13.3. The molecule has 1 aliphatic rings. The molecule has 0 aromatic carbocycles. The zero-order chi connectivity index (χ0) is 15.5. The number of hydrogen-bond donors (Lipinski definition) is 0. The Morgan fingerprint density at radius 3 is 2.57 bits per heavy atom. The van der Waals surface area contributed by atoms with Crippen LogP contribution in [0.5, 0.6) is 5.75 Å². The number of piperidine rings is 1. The second kappa shape index (κ2) is 6.37. The van der Waals surface area contributed by atoms with Gasteiger partial charge in [-0.25, -0.2) is 4.79 Å². The molecule has 0 spiro atoms. The summed E-state index contributed by atoms with van der Waals surface area (Å²) >= 11 is 0. The third kappa shape index (κ3) is 4.95. The fourth-order valence-corrected chi connectivity index (χ4v) is 2.27. The number of pyridine rings is 1. The highest BCUT2D eigenvalue weighted by Crippen LogP contribution is 2.19. The molecule has 5 nitrogen and oxygen atoms in total. The van der Waals surface area contributed by atoms with Crippen LogP contribution in [0.15, 0.2) is 18.5 Å². The third-order valence-electron chi connectivity index (χ3n) is 3.25. The van der Waals surface area contributed by atoms with E-state index in [9.17, 15) is 4.79 Å². The highest BCUT2D eigenvalue weighted by atomic mass is 16.6. The predicted molar refractivity (Wildman–Crippen MR) is 83.9 cm³/mol. The molecule has 1 amide bonds. The van der Waals surface area contributed by atoms with Crippen molar-refractivity contribution in [3.63, 3.8) is 0 Å². The summed E-state index contributed by atoms with van der Waals surface area (Å²) in [6, 6.07) is 1.98. The van der Waals surface area contributed by atoms with E-state index in [1.807, 2.05) is 34.7 Å². The summed E-state index contributed by atoms with van der Waals surface area (Å²) in [4.78, 5) is 17.8. The molecule has 0 N–H and O–H groups in total. The number of amides is 1. The fourth-order valence-electron chi connectivity index (χ4n) is 2.27. The van der Waals surface area contributed by atoms with Crippen LogP contribution in [0.4, 0.5) is 4.79 Å². The Hall–Kier alpha value is -1.72. The van der Waals surface area contributed by atoms with Crippen molar-refractivity contribution < 1.29 is 14.3 Å². The van der Waals surface area contributed by atoms with Gasteiger partial charge < -0.3 is 14.4 Å². The molecular weight excluding hydrogens is 267 g/mol. The van der Waals surface area contributed by atoms with Crippen LogP contribution in [-0.4, -0.2) is 48.6 Å². The lowest BCUT2D eigenvalue weighted by Crippen LogP contribution is -2.44. The molecule has 1 aromatic heterocycles. The van der Waals surface area contributed by atoms with E-state index in [0.717, 1.165) is 24.1 Å². The van der Waals surface area contributed by atoms with Gasteiger partial charge in [0.15, 0.2) is 0 Å². The molecule has 0 radical (unpaired) electrons. The van der Waals surface area contributed by atoms with Gasteiger partial charge in [0.25, 0.3) is 0 Å². The minimum Gasteiger partial charge on any atom is -0.489 e. The van der Waals surface area contributed by atoms with Crippen molar-refractivity contribution in [1.29, 1.82) is 0 Å². The summed E-state index contributed by atoms with van der Waals surface area (Å²) in [5, 5.41) is 0. The van der Waals surface area contributed by atoms with Gasteiger partial charge >= 0.3 is 6.09 Å². The standard InChI is InChI=1S/C15H23BN2O3/c1-15(2,3)21-14(19)18-6-4-12(5-7-18)20-13-8-11(16)9-17-10-13/h8-10,12H,4-7,16H2,1-3H3. The van der Waals surface area contributed by atoms with E-state index in [2.05, 4.69) is 4.98 Å². The van der Waals surface area contributed by atoms with Gasteiger partial charge in [-0.15, -0.1) is 0 Å². The van der Waals surface area contributed by atoms with E-state index < -0.39 is 5.60 Å². The average molecular weight is 290 g/mol. The zero-order valence-corrected chi connectivity index (χ0v) is 13.3. The topological polar surface area (TPSA) is 51.7 Å². The molecule has 0 bridgehead atoms. The molecule has 21 heavy (non-hydrogen) atoms. The van der Waals surface area contributed by atoms with Crippen LogP contribution in [0.3, 0.4) is 0 Å². The van der Waals surface area contributed by atoms with Crippen LogP contribution in [0.1, 0.15) is 33.6 Å². The van der Waals surface area contributed by atoms with Crippen LogP contribution in [0.2, 0.25) is 0 Å². The van der Waals surface area contributed by atoms with E-state index in [1.165, 1.54) is 0 Å². The Bertz CT molecular complexity index is 494. The molecule has 0 saturated carbocycles. The van der Waals surface area contributed by atoms with Crippen molar-refractivity contribution in [3.8, 4) is 5.75 Å². The van der Waals surface area contributed by atoms with Gasteiger partial charge in [0.1, 0.15) is 25.3 Å². The number of hydrogen-bond acceptors (Lipinski definition) is 4. The molecule has 1 aliphatic heterocycles. The second-order valence-electron chi connectivity index (χ2n) is 6.48. The number of likely N-dealkylation sites (tertiary alicyclic amines) is 1. The smallest absolute Gasteiger partial charge is 0.410 e. The first-order chi connectivity index (χ1) is 9.83. The monoisotopic (exact) mass is 290 g/mol. The van der Waals surface area contributed by atoms with Crippen LogP contribution in [0.25, 0.3) is 0 Å². The lowest BCUT2D eigenvalue weighted by molar-refractivity contribution is 0.0126. The van der Waals surface area contributed by atoms with E-state index in [0.29, 0.717) is 13.1 Å².